The topological polar surface area (TPSA) is 65.0 Å². The highest BCUT2D eigenvalue weighted by molar-refractivity contribution is 7.48. The Labute approximate surface area is 120 Å². The first-order chi connectivity index (χ1) is 9.54. The molecule has 1 aromatic carbocycles. The molecule has 0 radical (unpaired) electrons. The largest absolute Gasteiger partial charge is 0.491 e. The van der Waals surface area contributed by atoms with Gasteiger partial charge in [0, 0.05) is 19.8 Å². The van der Waals surface area contributed by atoms with Crippen LogP contribution in [0.5, 0.6) is 5.75 Å². The zero-order valence-electron chi connectivity index (χ0n) is 12.3. The Morgan fingerprint density at radius 1 is 1.20 bits per heavy atom. The van der Waals surface area contributed by atoms with Crippen LogP contribution in [0.25, 0.3) is 0 Å². The first-order valence-electron chi connectivity index (χ1n) is 6.28. The molecule has 0 bridgehead atoms. The van der Waals surface area contributed by atoms with Gasteiger partial charge in [-0.05, 0) is 37.1 Å². The number of aliphatic hydroxyl groups is 1. The third kappa shape index (κ3) is 4.25. The number of aliphatic hydroxyl groups excluding tert-OH is 1. The quantitative estimate of drug-likeness (QED) is 0.590. The number of ether oxygens (including phenoxy) is 1. The lowest BCUT2D eigenvalue weighted by atomic mass is 10.00. The molecular formula is C14H21O5P. The van der Waals surface area contributed by atoms with Crippen molar-refractivity contribution in [1.82, 2.24) is 0 Å². The minimum Gasteiger partial charge on any atom is -0.491 e. The van der Waals surface area contributed by atoms with Crippen LogP contribution in [-0.4, -0.2) is 44.5 Å². The molecule has 0 aromatic heterocycles. The predicted molar refractivity (Wildman–Crippen MR) is 78.6 cm³/mol. The summed E-state index contributed by atoms with van der Waals surface area (Å²) in [7, 11) is 1.90. The van der Waals surface area contributed by atoms with Gasteiger partial charge >= 0.3 is 0 Å². The van der Waals surface area contributed by atoms with Crippen molar-refractivity contribution in [1.29, 1.82) is 0 Å². The van der Waals surface area contributed by atoms with Gasteiger partial charge < -0.3 is 18.9 Å². The molecule has 1 N–H and O–H groups in total. The zero-order chi connectivity index (χ0) is 15.1. The van der Waals surface area contributed by atoms with E-state index in [0.29, 0.717) is 11.3 Å². The number of rotatable bonds is 8. The number of benzene rings is 1. The molecule has 6 heteroatoms. The molecule has 0 atom stereocenters. The number of carbonyl (C=O) groups excluding carboxylic acids is 1. The first kappa shape index (κ1) is 17.1. The summed E-state index contributed by atoms with van der Waals surface area (Å²) in [6, 6.07) is 3.50. The molecule has 1 rings (SSSR count). The number of carbonyl (C=O) groups is 1. The smallest absolute Gasteiger partial charge is 0.178 e. The highest BCUT2D eigenvalue weighted by Crippen LogP contribution is 2.37. The van der Waals surface area contributed by atoms with Crippen LogP contribution in [0.3, 0.4) is 0 Å². The van der Waals surface area contributed by atoms with Crippen LogP contribution in [0, 0.1) is 13.8 Å². The van der Waals surface area contributed by atoms with E-state index in [-0.39, 0.29) is 25.2 Å². The predicted octanol–water partition coefficient (Wildman–Crippen LogP) is 2.46. The van der Waals surface area contributed by atoms with E-state index >= 15 is 0 Å². The molecule has 112 valence electrons. The molecule has 0 saturated carbocycles. The maximum Gasteiger partial charge on any atom is 0.178 e. The van der Waals surface area contributed by atoms with E-state index in [1.807, 2.05) is 13.8 Å². The standard InChI is InChI=1S/C14H21O5P/c1-10-11(2)14(19-8-7-15)6-5-12(10)13(16)9-20(17-3)18-4/h5-6,15H,7-9H2,1-4H3. The van der Waals surface area contributed by atoms with Crippen LogP contribution in [0.2, 0.25) is 0 Å². The van der Waals surface area contributed by atoms with Gasteiger partial charge in [0.25, 0.3) is 0 Å². The summed E-state index contributed by atoms with van der Waals surface area (Å²) in [6.07, 6.45) is 0.236. The van der Waals surface area contributed by atoms with Gasteiger partial charge in [0.1, 0.15) is 12.4 Å². The van der Waals surface area contributed by atoms with Crippen molar-refractivity contribution < 1.29 is 23.7 Å². The van der Waals surface area contributed by atoms with Crippen molar-refractivity contribution in [3.63, 3.8) is 0 Å². The molecule has 0 saturated heterocycles. The monoisotopic (exact) mass is 300 g/mol. The van der Waals surface area contributed by atoms with Crippen molar-refractivity contribution >= 4 is 14.2 Å². The second-order valence-electron chi connectivity index (χ2n) is 4.21. The first-order valence-corrected chi connectivity index (χ1v) is 7.64. The van der Waals surface area contributed by atoms with Gasteiger partial charge in [0.2, 0.25) is 0 Å². The van der Waals surface area contributed by atoms with E-state index in [4.69, 9.17) is 18.9 Å². The Morgan fingerprint density at radius 3 is 2.40 bits per heavy atom. The molecule has 0 aliphatic carbocycles. The highest BCUT2D eigenvalue weighted by atomic mass is 31.2. The third-order valence-corrected chi connectivity index (χ3v) is 4.43. The fourth-order valence-corrected chi connectivity index (χ4v) is 2.63. The zero-order valence-corrected chi connectivity index (χ0v) is 13.2. The highest BCUT2D eigenvalue weighted by Gasteiger charge is 2.18. The van der Waals surface area contributed by atoms with E-state index in [2.05, 4.69) is 0 Å². The van der Waals surface area contributed by atoms with Gasteiger partial charge in [0.15, 0.2) is 14.2 Å². The normalized spacial score (nSPS) is 10.9. The number of ketones is 1. The molecule has 0 aliphatic rings. The van der Waals surface area contributed by atoms with Crippen LogP contribution in [-0.2, 0) is 9.05 Å². The molecule has 0 amide bonds. The molecule has 20 heavy (non-hydrogen) atoms. The minimum atomic E-state index is -1.17. The molecular weight excluding hydrogens is 279 g/mol. The summed E-state index contributed by atoms with van der Waals surface area (Å²) >= 11 is 0. The van der Waals surface area contributed by atoms with E-state index in [1.54, 1.807) is 12.1 Å². The second kappa shape index (κ2) is 8.32. The molecule has 0 unspecified atom stereocenters. The Hall–Kier alpha value is -1.00. The van der Waals surface area contributed by atoms with Crippen molar-refractivity contribution in [3.05, 3.63) is 28.8 Å². The summed E-state index contributed by atoms with van der Waals surface area (Å²) < 4.78 is 15.6. The van der Waals surface area contributed by atoms with Gasteiger partial charge in [-0.3, -0.25) is 4.79 Å². The Kier molecular flexibility index (Phi) is 7.10. The van der Waals surface area contributed by atoms with E-state index in [0.717, 1.165) is 11.1 Å². The Morgan fingerprint density at radius 2 is 1.85 bits per heavy atom. The molecule has 0 heterocycles. The fraction of sp³-hybridized carbons (Fsp3) is 0.500. The molecule has 0 spiro atoms. The fourth-order valence-electron chi connectivity index (χ4n) is 1.82. The summed E-state index contributed by atoms with van der Waals surface area (Å²) in [5, 5.41) is 8.78. The SMILES string of the molecule is COP(CC(=O)c1ccc(OCCO)c(C)c1C)OC. The number of Topliss-reactive ketones (excluding diaryl/α,β-unsaturated/α-hetero) is 1. The molecule has 0 fully saturated rings. The average Bonchev–Trinajstić information content (AvgIpc) is 2.46. The van der Waals surface area contributed by atoms with E-state index in [1.165, 1.54) is 14.2 Å². The maximum absolute atomic E-state index is 12.2. The molecule has 5 nitrogen and oxygen atoms in total. The summed E-state index contributed by atoms with van der Waals surface area (Å²) in [5.74, 6) is 0.683. The summed E-state index contributed by atoms with van der Waals surface area (Å²) in [4.78, 5) is 12.2. The summed E-state index contributed by atoms with van der Waals surface area (Å²) in [6.45, 7) is 3.99. The third-order valence-electron chi connectivity index (χ3n) is 3.07. The molecule has 0 aliphatic heterocycles. The van der Waals surface area contributed by atoms with Crippen molar-refractivity contribution in [3.8, 4) is 5.75 Å². The molecule has 1 aromatic rings. The van der Waals surface area contributed by atoms with Crippen LogP contribution >= 0.6 is 8.38 Å². The van der Waals surface area contributed by atoms with E-state index in [9.17, 15) is 4.79 Å². The number of hydrogen-bond donors (Lipinski definition) is 1. The van der Waals surface area contributed by atoms with Gasteiger partial charge in [-0.15, -0.1) is 0 Å². The van der Waals surface area contributed by atoms with Crippen molar-refractivity contribution in [2.24, 2.45) is 0 Å². The van der Waals surface area contributed by atoms with Crippen molar-refractivity contribution in [2.75, 3.05) is 33.6 Å². The lowest BCUT2D eigenvalue weighted by molar-refractivity contribution is 0.101. The minimum absolute atomic E-state index is 0.00545. The lowest BCUT2D eigenvalue weighted by Gasteiger charge is -2.15. The Bertz CT molecular complexity index is 457. The van der Waals surface area contributed by atoms with Crippen LogP contribution in [0.15, 0.2) is 12.1 Å². The maximum atomic E-state index is 12.2. The summed E-state index contributed by atoms with van der Waals surface area (Å²) in [5.41, 5.74) is 2.44. The Balaban J connectivity index is 2.91. The van der Waals surface area contributed by atoms with Gasteiger partial charge in [0.05, 0.1) is 12.8 Å². The van der Waals surface area contributed by atoms with Crippen molar-refractivity contribution in [2.45, 2.75) is 13.8 Å². The average molecular weight is 300 g/mol. The lowest BCUT2D eigenvalue weighted by Crippen LogP contribution is -2.10. The number of hydrogen-bond acceptors (Lipinski definition) is 5. The van der Waals surface area contributed by atoms with Gasteiger partial charge in [-0.2, -0.15) is 0 Å². The van der Waals surface area contributed by atoms with Crippen LogP contribution < -0.4 is 4.74 Å². The second-order valence-corrected chi connectivity index (χ2v) is 5.92. The van der Waals surface area contributed by atoms with E-state index < -0.39 is 8.38 Å². The van der Waals surface area contributed by atoms with Crippen LogP contribution in [0.4, 0.5) is 0 Å². The van der Waals surface area contributed by atoms with Crippen LogP contribution in [0.1, 0.15) is 21.5 Å². The van der Waals surface area contributed by atoms with Gasteiger partial charge in [-0.1, -0.05) is 0 Å². The van der Waals surface area contributed by atoms with Gasteiger partial charge in [-0.25, -0.2) is 0 Å².